The van der Waals surface area contributed by atoms with Gasteiger partial charge in [0.25, 0.3) is 0 Å². The van der Waals surface area contributed by atoms with Crippen molar-refractivity contribution in [3.8, 4) is 0 Å². The van der Waals surface area contributed by atoms with Crippen molar-refractivity contribution in [2.45, 2.75) is 57.4 Å². The van der Waals surface area contributed by atoms with Crippen molar-refractivity contribution in [3.05, 3.63) is 35.6 Å². The summed E-state index contributed by atoms with van der Waals surface area (Å²) in [4.78, 5) is 19.0. The van der Waals surface area contributed by atoms with Crippen LogP contribution in [0.15, 0.2) is 29.3 Å². The quantitative estimate of drug-likeness (QED) is 0.426. The second kappa shape index (κ2) is 10.8. The normalized spacial score (nSPS) is 19.4. The third-order valence-corrected chi connectivity index (χ3v) is 6.04. The molecule has 3 N–H and O–H groups in total. The summed E-state index contributed by atoms with van der Waals surface area (Å²) in [6, 6.07) is 7.29. The average molecular weight is 418 g/mol. The van der Waals surface area contributed by atoms with E-state index in [-0.39, 0.29) is 17.1 Å². The van der Waals surface area contributed by atoms with Crippen LogP contribution in [0, 0.1) is 5.82 Å². The van der Waals surface area contributed by atoms with Gasteiger partial charge in [-0.3, -0.25) is 14.7 Å². The Morgan fingerprint density at radius 2 is 2.00 bits per heavy atom. The Hall–Kier alpha value is -2.15. The second-order valence-corrected chi connectivity index (χ2v) is 8.53. The Bertz CT molecular complexity index is 726. The Balaban J connectivity index is 1.50. The molecule has 1 amide bonds. The van der Waals surface area contributed by atoms with Gasteiger partial charge in [-0.2, -0.15) is 0 Å². The summed E-state index contributed by atoms with van der Waals surface area (Å²) in [5.41, 5.74) is 1.04. The molecule has 1 aliphatic heterocycles. The molecule has 0 spiro atoms. The van der Waals surface area contributed by atoms with Crippen LogP contribution in [0.1, 0.15) is 51.5 Å². The summed E-state index contributed by atoms with van der Waals surface area (Å²) in [5.74, 6) is 0.771. The highest BCUT2D eigenvalue weighted by Gasteiger charge is 2.44. The first kappa shape index (κ1) is 22.5. The van der Waals surface area contributed by atoms with E-state index in [0.717, 1.165) is 69.8 Å². The number of aliphatic imine (C=N–C) groups is 1. The highest BCUT2D eigenvalue weighted by molar-refractivity contribution is 5.80. The van der Waals surface area contributed by atoms with E-state index in [1.807, 2.05) is 6.07 Å². The molecule has 3 rings (SSSR count). The second-order valence-electron chi connectivity index (χ2n) is 8.53. The Morgan fingerprint density at radius 3 is 2.63 bits per heavy atom. The molecule has 0 aromatic heterocycles. The number of benzene rings is 1. The van der Waals surface area contributed by atoms with Gasteiger partial charge in [0, 0.05) is 37.6 Å². The van der Waals surface area contributed by atoms with Gasteiger partial charge >= 0.3 is 0 Å². The maximum absolute atomic E-state index is 13.6. The van der Waals surface area contributed by atoms with Crippen molar-refractivity contribution in [3.63, 3.8) is 0 Å². The van der Waals surface area contributed by atoms with E-state index < -0.39 is 0 Å². The van der Waals surface area contributed by atoms with Crippen LogP contribution < -0.4 is 16.0 Å². The number of guanidine groups is 1. The number of amides is 1. The van der Waals surface area contributed by atoms with E-state index >= 15 is 0 Å². The van der Waals surface area contributed by atoms with Crippen LogP contribution in [-0.4, -0.2) is 62.1 Å². The lowest BCUT2D eigenvalue weighted by molar-refractivity contribution is -0.122. The van der Waals surface area contributed by atoms with Crippen LogP contribution in [-0.2, 0) is 10.2 Å². The van der Waals surface area contributed by atoms with Gasteiger partial charge in [0.2, 0.25) is 5.91 Å². The molecule has 0 radical (unpaired) electrons. The van der Waals surface area contributed by atoms with E-state index in [9.17, 15) is 9.18 Å². The van der Waals surface area contributed by atoms with Gasteiger partial charge in [-0.1, -0.05) is 19.1 Å². The number of likely N-dealkylation sites (tertiary alicyclic amines) is 1. The largest absolute Gasteiger partial charge is 0.357 e. The van der Waals surface area contributed by atoms with Crippen LogP contribution in [0.3, 0.4) is 0 Å². The molecule has 1 saturated carbocycles. The molecule has 1 aromatic rings. The van der Waals surface area contributed by atoms with E-state index in [1.165, 1.54) is 6.07 Å². The minimum Gasteiger partial charge on any atom is -0.357 e. The monoisotopic (exact) mass is 417 g/mol. The van der Waals surface area contributed by atoms with Gasteiger partial charge in [-0.05, 0) is 56.7 Å². The Morgan fingerprint density at radius 1 is 1.23 bits per heavy atom. The first-order valence-electron chi connectivity index (χ1n) is 11.3. The topological polar surface area (TPSA) is 68.8 Å². The number of hydrogen-bond acceptors (Lipinski definition) is 3. The molecule has 1 aromatic carbocycles. The summed E-state index contributed by atoms with van der Waals surface area (Å²) in [6.07, 6.45) is 5.04. The molecular formula is C23H36FN5O. The van der Waals surface area contributed by atoms with Crippen LogP contribution >= 0.6 is 0 Å². The molecule has 0 atom stereocenters. The summed E-state index contributed by atoms with van der Waals surface area (Å²) in [6.45, 7) is 8.64. The first-order chi connectivity index (χ1) is 14.5. The summed E-state index contributed by atoms with van der Waals surface area (Å²) >= 11 is 0. The van der Waals surface area contributed by atoms with Gasteiger partial charge in [-0.15, -0.1) is 0 Å². The minimum absolute atomic E-state index is 0.0142. The molecule has 1 aliphatic carbocycles. The van der Waals surface area contributed by atoms with E-state index in [0.29, 0.717) is 19.1 Å². The van der Waals surface area contributed by atoms with Crippen LogP contribution in [0.5, 0.6) is 0 Å². The van der Waals surface area contributed by atoms with Crippen LogP contribution in [0.25, 0.3) is 0 Å². The van der Waals surface area contributed by atoms with Gasteiger partial charge in [0.15, 0.2) is 5.96 Å². The molecule has 166 valence electrons. The third kappa shape index (κ3) is 6.42. The Kier molecular flexibility index (Phi) is 8.08. The number of nitrogens with zero attached hydrogens (tertiary/aromatic N) is 2. The van der Waals surface area contributed by atoms with E-state index in [2.05, 4.69) is 34.7 Å². The smallest absolute Gasteiger partial charge is 0.234 e. The number of halogens is 1. The van der Waals surface area contributed by atoms with Crippen molar-refractivity contribution in [2.75, 3.05) is 39.3 Å². The summed E-state index contributed by atoms with van der Waals surface area (Å²) in [5, 5.41) is 9.86. The van der Waals surface area contributed by atoms with E-state index in [4.69, 9.17) is 4.99 Å². The predicted octanol–water partition coefficient (Wildman–Crippen LogP) is 2.40. The van der Waals surface area contributed by atoms with Crippen molar-refractivity contribution < 1.29 is 9.18 Å². The van der Waals surface area contributed by atoms with Gasteiger partial charge in [0.05, 0.1) is 13.1 Å². The lowest BCUT2D eigenvalue weighted by Gasteiger charge is -2.32. The number of hydrogen-bond donors (Lipinski definition) is 3. The number of piperidine rings is 1. The molecule has 2 fully saturated rings. The Labute approximate surface area is 179 Å². The maximum Gasteiger partial charge on any atom is 0.234 e. The molecule has 1 heterocycles. The van der Waals surface area contributed by atoms with Crippen LogP contribution in [0.4, 0.5) is 4.39 Å². The van der Waals surface area contributed by atoms with Crippen molar-refractivity contribution in [1.29, 1.82) is 0 Å². The fraction of sp³-hybridized carbons (Fsp3) is 0.652. The zero-order valence-corrected chi connectivity index (χ0v) is 18.3. The molecular weight excluding hydrogens is 381 g/mol. The first-order valence-corrected chi connectivity index (χ1v) is 11.3. The van der Waals surface area contributed by atoms with E-state index in [1.54, 1.807) is 12.1 Å². The average Bonchev–Trinajstić information content (AvgIpc) is 3.53. The summed E-state index contributed by atoms with van der Waals surface area (Å²) in [7, 11) is 0. The number of carbonyl (C=O) groups is 1. The molecule has 2 aliphatic rings. The van der Waals surface area contributed by atoms with Crippen molar-refractivity contribution in [2.24, 2.45) is 4.99 Å². The van der Waals surface area contributed by atoms with Gasteiger partial charge in [0.1, 0.15) is 5.82 Å². The lowest BCUT2D eigenvalue weighted by Crippen LogP contribution is -2.50. The number of rotatable bonds is 9. The standard InChI is InChI=1S/C23H36FN5O/c1-3-12-26-21(30)16-29-13-8-20(9-14-29)28-22(25-4-2)27-17-23(10-11-23)18-6-5-7-19(24)15-18/h5-7,15,20H,3-4,8-14,16-17H2,1-2H3,(H,26,30)(H2,25,27,28). The zero-order valence-electron chi connectivity index (χ0n) is 18.3. The lowest BCUT2D eigenvalue weighted by atomic mass is 9.96. The molecule has 0 bridgehead atoms. The third-order valence-electron chi connectivity index (χ3n) is 6.04. The summed E-state index contributed by atoms with van der Waals surface area (Å²) < 4.78 is 13.6. The zero-order chi connectivity index (χ0) is 21.4. The number of nitrogens with one attached hydrogen (secondary N) is 3. The SMILES string of the molecule is CCCNC(=O)CN1CCC(NC(=NCC2(c3cccc(F)c3)CC2)NCC)CC1. The molecule has 7 heteroatoms. The van der Waals surface area contributed by atoms with Crippen molar-refractivity contribution >= 4 is 11.9 Å². The molecule has 6 nitrogen and oxygen atoms in total. The maximum atomic E-state index is 13.6. The van der Waals surface area contributed by atoms with Crippen LogP contribution in [0.2, 0.25) is 0 Å². The van der Waals surface area contributed by atoms with Gasteiger partial charge in [-0.25, -0.2) is 4.39 Å². The highest BCUT2D eigenvalue weighted by Crippen LogP contribution is 2.48. The number of carbonyl (C=O) groups excluding carboxylic acids is 1. The molecule has 1 saturated heterocycles. The minimum atomic E-state index is -0.178. The van der Waals surface area contributed by atoms with Crippen molar-refractivity contribution in [1.82, 2.24) is 20.9 Å². The fourth-order valence-electron chi connectivity index (χ4n) is 4.01. The molecule has 30 heavy (non-hydrogen) atoms. The predicted molar refractivity (Wildman–Crippen MR) is 119 cm³/mol. The fourth-order valence-corrected chi connectivity index (χ4v) is 4.01. The highest BCUT2D eigenvalue weighted by atomic mass is 19.1. The molecule has 0 unspecified atom stereocenters. The van der Waals surface area contributed by atoms with Gasteiger partial charge < -0.3 is 16.0 Å².